The van der Waals surface area contributed by atoms with Crippen molar-refractivity contribution < 1.29 is 49.9 Å². The second-order valence-corrected chi connectivity index (χ2v) is 6.87. The molecule has 1 heterocycles. The Bertz CT molecular complexity index is 801. The highest BCUT2D eigenvalue weighted by Gasteiger charge is 2.60. The maximum atomic E-state index is 11.8. The Morgan fingerprint density at radius 2 is 1.87 bits per heavy atom. The van der Waals surface area contributed by atoms with Crippen molar-refractivity contribution >= 4 is 17.6 Å². The van der Waals surface area contributed by atoms with Gasteiger partial charge in [0.25, 0.3) is 11.5 Å². The zero-order valence-electron chi connectivity index (χ0n) is 15.7. The molecule has 2 rings (SSSR count). The van der Waals surface area contributed by atoms with E-state index >= 15 is 0 Å². The highest BCUT2D eigenvalue weighted by atomic mass is 16.7. The molecule has 166 valence electrons. The van der Waals surface area contributed by atoms with E-state index < -0.39 is 65.6 Å². The number of aliphatic hydroxyl groups excluding tert-OH is 4. The number of carboxylic acids is 1. The molecular formula is C17H22N2O11. The van der Waals surface area contributed by atoms with Crippen LogP contribution in [0.5, 0.6) is 0 Å². The number of rotatable bonds is 7. The van der Waals surface area contributed by atoms with Crippen molar-refractivity contribution in [3.63, 3.8) is 0 Å². The van der Waals surface area contributed by atoms with Gasteiger partial charge in [-0.2, -0.15) is 0 Å². The Balaban J connectivity index is 2.56. The molecule has 13 heteroatoms. The lowest BCUT2D eigenvalue weighted by molar-refractivity contribution is -0.384. The standard InChI is InChI=1S/C17H22N2O11/c1-7(21)18-12-14(24)11(8-2-4-9(5-3-8)19(28)29)17(27,16(25)26)30-15(12)13(23)10(22)6-20/h2-5,10-15,20,22-24,27H,6H2,1H3,(H,18,21)(H,25,26)/t10-,11?,12-,13-,14+,15-,17?/m1/s1. The average molecular weight is 430 g/mol. The molecule has 13 nitrogen and oxygen atoms in total. The van der Waals surface area contributed by atoms with E-state index in [-0.39, 0.29) is 11.3 Å². The van der Waals surface area contributed by atoms with Crippen molar-refractivity contribution in [2.24, 2.45) is 0 Å². The van der Waals surface area contributed by atoms with Crippen LogP contribution in [0.4, 0.5) is 5.69 Å². The van der Waals surface area contributed by atoms with Crippen LogP contribution < -0.4 is 5.32 Å². The van der Waals surface area contributed by atoms with E-state index in [9.17, 15) is 45.2 Å². The summed E-state index contributed by atoms with van der Waals surface area (Å²) < 4.78 is 5.18. The largest absolute Gasteiger partial charge is 0.477 e. The predicted molar refractivity (Wildman–Crippen MR) is 96.0 cm³/mol. The van der Waals surface area contributed by atoms with Crippen LogP contribution in [-0.2, 0) is 14.3 Å². The lowest BCUT2D eigenvalue weighted by Gasteiger charge is -2.49. The predicted octanol–water partition coefficient (Wildman–Crippen LogP) is -2.57. The van der Waals surface area contributed by atoms with Crippen LogP contribution in [-0.4, -0.2) is 90.3 Å². The van der Waals surface area contributed by atoms with Gasteiger partial charge in [-0.3, -0.25) is 14.9 Å². The number of nitrogens with zero attached hydrogens (tertiary/aromatic N) is 1. The molecule has 0 spiro atoms. The summed E-state index contributed by atoms with van der Waals surface area (Å²) in [7, 11) is 0. The molecule has 0 saturated carbocycles. The number of hydrogen-bond acceptors (Lipinski definition) is 10. The van der Waals surface area contributed by atoms with Crippen LogP contribution >= 0.6 is 0 Å². The average Bonchev–Trinajstić information content (AvgIpc) is 2.68. The summed E-state index contributed by atoms with van der Waals surface area (Å²) in [5.74, 6) is -7.56. The third-order valence-corrected chi connectivity index (χ3v) is 4.86. The number of ether oxygens (including phenoxy) is 1. The SMILES string of the molecule is CC(=O)N[C@H]1[C@H]([C@H](O)[C@H](O)CO)OC(O)(C(=O)O)C(c2ccc([N+](=O)[O-])cc2)[C@@H]1O. The van der Waals surface area contributed by atoms with Crippen molar-refractivity contribution in [2.75, 3.05) is 6.61 Å². The van der Waals surface area contributed by atoms with Crippen LogP contribution in [0.15, 0.2) is 24.3 Å². The zero-order chi connectivity index (χ0) is 22.8. The number of benzene rings is 1. The van der Waals surface area contributed by atoms with Crippen LogP contribution in [0.2, 0.25) is 0 Å². The van der Waals surface area contributed by atoms with Crippen molar-refractivity contribution in [1.29, 1.82) is 0 Å². The number of nitro benzene ring substituents is 1. The fourth-order valence-electron chi connectivity index (χ4n) is 3.41. The van der Waals surface area contributed by atoms with Gasteiger partial charge >= 0.3 is 5.97 Å². The molecule has 1 fully saturated rings. The van der Waals surface area contributed by atoms with Crippen LogP contribution in [0.3, 0.4) is 0 Å². The molecule has 2 unspecified atom stereocenters. The Morgan fingerprint density at radius 3 is 2.30 bits per heavy atom. The summed E-state index contributed by atoms with van der Waals surface area (Å²) in [5, 5.41) is 73.3. The number of amides is 1. The number of aliphatic hydroxyl groups is 5. The van der Waals surface area contributed by atoms with Gasteiger partial charge in [0.15, 0.2) is 0 Å². The first-order chi connectivity index (χ1) is 13.9. The summed E-state index contributed by atoms with van der Waals surface area (Å²) >= 11 is 0. The summed E-state index contributed by atoms with van der Waals surface area (Å²) in [6.45, 7) is 0.110. The molecule has 30 heavy (non-hydrogen) atoms. The molecule has 0 bridgehead atoms. The van der Waals surface area contributed by atoms with Crippen LogP contribution in [0.25, 0.3) is 0 Å². The third kappa shape index (κ3) is 4.40. The first-order valence-corrected chi connectivity index (χ1v) is 8.74. The molecule has 0 radical (unpaired) electrons. The molecule has 1 aromatic rings. The van der Waals surface area contributed by atoms with E-state index in [0.29, 0.717) is 0 Å². The van der Waals surface area contributed by atoms with Gasteiger partial charge in [0, 0.05) is 19.1 Å². The molecule has 1 aliphatic rings. The van der Waals surface area contributed by atoms with Gasteiger partial charge in [-0.05, 0) is 5.56 Å². The lowest BCUT2D eigenvalue weighted by atomic mass is 9.76. The minimum atomic E-state index is -3.15. The maximum absolute atomic E-state index is 11.8. The van der Waals surface area contributed by atoms with Crippen molar-refractivity contribution in [2.45, 2.75) is 49.1 Å². The van der Waals surface area contributed by atoms with Gasteiger partial charge in [0.2, 0.25) is 5.91 Å². The normalized spacial score (nSPS) is 30.9. The number of carboxylic acid groups (broad SMARTS) is 1. The van der Waals surface area contributed by atoms with E-state index in [1.807, 2.05) is 0 Å². The Kier molecular flexibility index (Phi) is 7.07. The quantitative estimate of drug-likeness (QED) is 0.176. The summed E-state index contributed by atoms with van der Waals surface area (Å²) in [5.41, 5.74) is -0.398. The summed E-state index contributed by atoms with van der Waals surface area (Å²) in [4.78, 5) is 33.6. The molecule has 1 saturated heterocycles. The fourth-order valence-corrected chi connectivity index (χ4v) is 3.41. The molecule has 7 atom stereocenters. The molecule has 1 aromatic carbocycles. The fraction of sp³-hybridized carbons (Fsp3) is 0.529. The second-order valence-electron chi connectivity index (χ2n) is 6.87. The molecule has 1 amide bonds. The van der Waals surface area contributed by atoms with Gasteiger partial charge in [-0.25, -0.2) is 4.79 Å². The van der Waals surface area contributed by atoms with Gasteiger partial charge in [-0.15, -0.1) is 0 Å². The monoisotopic (exact) mass is 430 g/mol. The minimum Gasteiger partial charge on any atom is -0.477 e. The molecule has 0 aromatic heterocycles. The van der Waals surface area contributed by atoms with E-state index in [2.05, 4.69) is 5.32 Å². The first kappa shape index (κ1) is 23.6. The third-order valence-electron chi connectivity index (χ3n) is 4.86. The first-order valence-electron chi connectivity index (χ1n) is 8.74. The van der Waals surface area contributed by atoms with Gasteiger partial charge < -0.3 is 40.7 Å². The molecular weight excluding hydrogens is 408 g/mol. The number of carbonyl (C=O) groups is 2. The smallest absolute Gasteiger partial charge is 0.365 e. The highest BCUT2D eigenvalue weighted by molar-refractivity contribution is 5.78. The second kappa shape index (κ2) is 8.99. The molecule has 1 aliphatic heterocycles. The van der Waals surface area contributed by atoms with Crippen molar-refractivity contribution in [3.8, 4) is 0 Å². The summed E-state index contributed by atoms with van der Waals surface area (Å²) in [6, 6.07) is 2.74. The topological polar surface area (TPSA) is 220 Å². The van der Waals surface area contributed by atoms with Crippen LogP contribution in [0.1, 0.15) is 18.4 Å². The number of nitrogens with one attached hydrogen (secondary N) is 1. The maximum Gasteiger partial charge on any atom is 0.365 e. The van der Waals surface area contributed by atoms with E-state index in [0.717, 1.165) is 31.2 Å². The van der Waals surface area contributed by atoms with E-state index in [4.69, 9.17) is 9.84 Å². The van der Waals surface area contributed by atoms with Crippen molar-refractivity contribution in [3.05, 3.63) is 39.9 Å². The van der Waals surface area contributed by atoms with Gasteiger partial charge in [0.1, 0.15) is 18.3 Å². The number of non-ortho nitro benzene ring substituents is 1. The Morgan fingerprint density at radius 1 is 1.30 bits per heavy atom. The molecule has 0 aliphatic carbocycles. The van der Waals surface area contributed by atoms with Crippen LogP contribution in [0, 0.1) is 10.1 Å². The highest BCUT2D eigenvalue weighted by Crippen LogP contribution is 2.42. The van der Waals surface area contributed by atoms with E-state index in [1.165, 1.54) is 0 Å². The Hall–Kier alpha value is -2.68. The number of hydrogen-bond donors (Lipinski definition) is 7. The van der Waals surface area contributed by atoms with E-state index in [1.54, 1.807) is 0 Å². The Labute approximate surface area is 169 Å². The van der Waals surface area contributed by atoms with Gasteiger partial charge in [0.05, 0.1) is 29.6 Å². The zero-order valence-corrected chi connectivity index (χ0v) is 15.7. The number of carbonyl (C=O) groups excluding carboxylic acids is 1. The van der Waals surface area contributed by atoms with Gasteiger partial charge in [-0.1, -0.05) is 12.1 Å². The summed E-state index contributed by atoms with van der Waals surface area (Å²) in [6.07, 6.45) is -7.55. The van der Waals surface area contributed by atoms with Crippen molar-refractivity contribution in [1.82, 2.24) is 5.32 Å². The lowest BCUT2D eigenvalue weighted by Crippen LogP contribution is -2.70. The number of aliphatic carboxylic acids is 1. The molecule has 7 N–H and O–H groups in total. The minimum absolute atomic E-state index is 0.0657. The number of nitro groups is 1.